The first-order valence-electron chi connectivity index (χ1n) is 8.57. The highest BCUT2D eigenvalue weighted by atomic mass is 32.1. The summed E-state index contributed by atoms with van der Waals surface area (Å²) < 4.78 is 10.6. The van der Waals surface area contributed by atoms with E-state index in [9.17, 15) is 5.26 Å². The van der Waals surface area contributed by atoms with Crippen LogP contribution in [0.5, 0.6) is 11.5 Å². The second-order valence-corrected chi connectivity index (χ2v) is 6.73. The van der Waals surface area contributed by atoms with Crippen LogP contribution < -0.4 is 9.47 Å². The molecular weight excluding hydrogens is 356 g/mol. The molecule has 4 nitrogen and oxygen atoms in total. The lowest BCUT2D eigenvalue weighted by Gasteiger charge is -2.08. The second-order valence-electron chi connectivity index (χ2n) is 5.87. The number of aryl methyl sites for hydroxylation is 1. The predicted molar refractivity (Wildman–Crippen MR) is 110 cm³/mol. The summed E-state index contributed by atoms with van der Waals surface area (Å²) in [5, 5.41) is 12.2. The highest BCUT2D eigenvalue weighted by Crippen LogP contribution is 2.33. The average molecular weight is 376 g/mol. The van der Waals surface area contributed by atoms with Crippen LogP contribution in [0, 0.1) is 11.3 Å². The Morgan fingerprint density at radius 2 is 1.85 bits per heavy atom. The third-order valence-corrected chi connectivity index (χ3v) is 5.11. The molecule has 0 radical (unpaired) electrons. The summed E-state index contributed by atoms with van der Waals surface area (Å²) >= 11 is 1.45. The molecule has 0 fully saturated rings. The molecule has 0 atom stereocenters. The third-order valence-electron chi connectivity index (χ3n) is 4.23. The Bertz CT molecular complexity index is 998. The lowest BCUT2D eigenvalue weighted by molar-refractivity contribution is 0.355. The molecule has 0 N–H and O–H groups in total. The molecule has 0 saturated carbocycles. The van der Waals surface area contributed by atoms with Crippen molar-refractivity contribution in [1.82, 2.24) is 4.98 Å². The summed E-state index contributed by atoms with van der Waals surface area (Å²) in [5.41, 5.74) is 4.54. The molecule has 0 aliphatic rings. The monoisotopic (exact) mass is 376 g/mol. The maximum absolute atomic E-state index is 9.58. The molecule has 3 aromatic rings. The molecule has 0 amide bonds. The Morgan fingerprint density at radius 1 is 1.11 bits per heavy atom. The quantitative estimate of drug-likeness (QED) is 0.537. The Hall–Kier alpha value is -3.10. The summed E-state index contributed by atoms with van der Waals surface area (Å²) in [6.07, 6.45) is 2.87. The van der Waals surface area contributed by atoms with Gasteiger partial charge in [0.2, 0.25) is 0 Å². The molecule has 0 unspecified atom stereocenters. The van der Waals surface area contributed by atoms with Crippen LogP contribution in [-0.2, 0) is 6.42 Å². The molecule has 2 aromatic carbocycles. The average Bonchev–Trinajstić information content (AvgIpc) is 3.21. The van der Waals surface area contributed by atoms with Crippen LogP contribution in [0.15, 0.2) is 47.8 Å². The third kappa shape index (κ3) is 4.18. The van der Waals surface area contributed by atoms with Crippen LogP contribution in [0.2, 0.25) is 0 Å². The minimum absolute atomic E-state index is 0.552. The van der Waals surface area contributed by atoms with Gasteiger partial charge in [-0.1, -0.05) is 31.2 Å². The first-order chi connectivity index (χ1) is 13.2. The van der Waals surface area contributed by atoms with Gasteiger partial charge in [-0.05, 0) is 41.8 Å². The molecule has 3 rings (SSSR count). The van der Waals surface area contributed by atoms with Gasteiger partial charge in [0.15, 0.2) is 11.5 Å². The van der Waals surface area contributed by atoms with Crippen molar-refractivity contribution in [2.24, 2.45) is 0 Å². The van der Waals surface area contributed by atoms with E-state index in [1.54, 1.807) is 14.2 Å². The fraction of sp³-hybridized carbons (Fsp3) is 0.182. The van der Waals surface area contributed by atoms with Crippen molar-refractivity contribution < 1.29 is 9.47 Å². The largest absolute Gasteiger partial charge is 0.493 e. The van der Waals surface area contributed by atoms with Gasteiger partial charge in [-0.25, -0.2) is 4.98 Å². The molecule has 1 aromatic heterocycles. The van der Waals surface area contributed by atoms with Gasteiger partial charge in [-0.15, -0.1) is 11.3 Å². The van der Waals surface area contributed by atoms with Gasteiger partial charge in [0.05, 0.1) is 25.5 Å². The number of methoxy groups -OCH3 is 2. The first-order valence-corrected chi connectivity index (χ1v) is 9.45. The summed E-state index contributed by atoms with van der Waals surface area (Å²) in [5.74, 6) is 1.32. The van der Waals surface area contributed by atoms with Gasteiger partial charge in [0.25, 0.3) is 0 Å². The smallest absolute Gasteiger partial charge is 0.161 e. The molecule has 136 valence electrons. The molecular formula is C22H20N2O2S. The number of thiazole rings is 1. The fourth-order valence-electron chi connectivity index (χ4n) is 2.68. The van der Waals surface area contributed by atoms with Gasteiger partial charge >= 0.3 is 0 Å². The van der Waals surface area contributed by atoms with Crippen molar-refractivity contribution in [2.45, 2.75) is 13.3 Å². The zero-order valence-electron chi connectivity index (χ0n) is 15.5. The van der Waals surface area contributed by atoms with Crippen molar-refractivity contribution in [3.05, 3.63) is 64.0 Å². The van der Waals surface area contributed by atoms with E-state index in [0.29, 0.717) is 22.1 Å². The minimum atomic E-state index is 0.552. The van der Waals surface area contributed by atoms with E-state index >= 15 is 0 Å². The van der Waals surface area contributed by atoms with Crippen molar-refractivity contribution in [2.75, 3.05) is 14.2 Å². The van der Waals surface area contributed by atoms with E-state index in [-0.39, 0.29) is 0 Å². The van der Waals surface area contributed by atoms with Crippen molar-refractivity contribution >= 4 is 23.0 Å². The summed E-state index contributed by atoms with van der Waals surface area (Å²) in [6, 6.07) is 16.1. The zero-order valence-corrected chi connectivity index (χ0v) is 16.3. The normalized spacial score (nSPS) is 11.1. The van der Waals surface area contributed by atoms with E-state index in [0.717, 1.165) is 23.2 Å². The number of benzene rings is 2. The molecule has 0 aliphatic carbocycles. The van der Waals surface area contributed by atoms with Crippen LogP contribution in [-0.4, -0.2) is 19.2 Å². The van der Waals surface area contributed by atoms with Crippen LogP contribution in [0.1, 0.15) is 23.1 Å². The Labute approximate surface area is 163 Å². The van der Waals surface area contributed by atoms with Crippen molar-refractivity contribution in [3.63, 3.8) is 0 Å². The highest BCUT2D eigenvalue weighted by molar-refractivity contribution is 7.11. The Kier molecular flexibility index (Phi) is 5.90. The van der Waals surface area contributed by atoms with Gasteiger partial charge in [0, 0.05) is 10.9 Å². The zero-order chi connectivity index (χ0) is 19.2. The van der Waals surface area contributed by atoms with Gasteiger partial charge in [0.1, 0.15) is 11.1 Å². The lowest BCUT2D eigenvalue weighted by atomic mass is 10.1. The number of nitriles is 1. The number of nitrogens with zero attached hydrogens (tertiary/aromatic N) is 2. The SMILES string of the molecule is CCc1ccc(/C=C(\C#N)c2nc(-c3ccc(OC)c(OC)c3)cs2)cc1. The van der Waals surface area contributed by atoms with Crippen LogP contribution in [0.25, 0.3) is 22.9 Å². The standard InChI is InChI=1S/C22H20N2O2S/c1-4-15-5-7-16(8-6-15)11-18(13-23)22-24-19(14-27-22)17-9-10-20(25-2)21(12-17)26-3/h5-12,14H,4H2,1-3H3/b18-11+. The molecule has 5 heteroatoms. The number of aromatic nitrogens is 1. The summed E-state index contributed by atoms with van der Waals surface area (Å²) in [4.78, 5) is 4.64. The number of hydrogen-bond donors (Lipinski definition) is 0. The Balaban J connectivity index is 1.91. The topological polar surface area (TPSA) is 55.1 Å². The van der Waals surface area contributed by atoms with E-state index in [1.807, 2.05) is 41.8 Å². The highest BCUT2D eigenvalue weighted by Gasteiger charge is 2.12. The molecule has 0 spiro atoms. The van der Waals surface area contributed by atoms with Crippen LogP contribution >= 0.6 is 11.3 Å². The molecule has 0 saturated heterocycles. The predicted octanol–water partition coefficient (Wildman–Crippen LogP) is 5.45. The van der Waals surface area contributed by atoms with Crippen LogP contribution in [0.4, 0.5) is 0 Å². The number of allylic oxidation sites excluding steroid dienone is 1. The van der Waals surface area contributed by atoms with Gasteiger partial charge in [-0.2, -0.15) is 5.26 Å². The van der Waals surface area contributed by atoms with E-state index < -0.39 is 0 Å². The van der Waals surface area contributed by atoms with E-state index in [4.69, 9.17) is 9.47 Å². The first kappa shape index (κ1) is 18.7. The maximum Gasteiger partial charge on any atom is 0.161 e. The van der Waals surface area contributed by atoms with Crippen molar-refractivity contribution in [1.29, 1.82) is 5.26 Å². The molecule has 1 heterocycles. The lowest BCUT2D eigenvalue weighted by Crippen LogP contribution is -1.91. The minimum Gasteiger partial charge on any atom is -0.493 e. The van der Waals surface area contributed by atoms with Gasteiger partial charge < -0.3 is 9.47 Å². The number of rotatable bonds is 6. The summed E-state index contributed by atoms with van der Waals surface area (Å²) in [6.45, 7) is 2.12. The molecule has 0 bridgehead atoms. The second kappa shape index (κ2) is 8.52. The maximum atomic E-state index is 9.58. The molecule has 27 heavy (non-hydrogen) atoms. The van der Waals surface area contributed by atoms with E-state index in [2.05, 4.69) is 30.1 Å². The van der Waals surface area contributed by atoms with E-state index in [1.165, 1.54) is 16.9 Å². The number of ether oxygens (including phenoxy) is 2. The Morgan fingerprint density at radius 3 is 2.48 bits per heavy atom. The van der Waals surface area contributed by atoms with Gasteiger partial charge in [-0.3, -0.25) is 0 Å². The number of hydrogen-bond acceptors (Lipinski definition) is 5. The summed E-state index contributed by atoms with van der Waals surface area (Å²) in [7, 11) is 3.21. The van der Waals surface area contributed by atoms with Crippen molar-refractivity contribution in [3.8, 4) is 28.8 Å². The fourth-order valence-corrected chi connectivity index (χ4v) is 3.48. The molecule has 0 aliphatic heterocycles. The van der Waals surface area contributed by atoms with Crippen LogP contribution in [0.3, 0.4) is 0 Å².